The van der Waals surface area contributed by atoms with Gasteiger partial charge in [-0.15, -0.1) is 11.6 Å². The van der Waals surface area contributed by atoms with Crippen LogP contribution in [0.15, 0.2) is 0 Å². The molecule has 0 spiro atoms. The number of carbonyl (C=O) groups excluding carboxylic acids is 2. The van der Waals surface area contributed by atoms with Crippen LogP contribution in [-0.2, 0) is 9.59 Å². The molecule has 92 valence electrons. The fraction of sp³-hybridized carbons (Fsp3) is 0.818. The van der Waals surface area contributed by atoms with Crippen LogP contribution in [0.3, 0.4) is 0 Å². The summed E-state index contributed by atoms with van der Waals surface area (Å²) in [5.41, 5.74) is 0. The van der Waals surface area contributed by atoms with Gasteiger partial charge in [-0.05, 0) is 32.6 Å². The minimum Gasteiger partial charge on any atom is -0.348 e. The van der Waals surface area contributed by atoms with Gasteiger partial charge in [0.1, 0.15) is 0 Å². The second-order valence-electron chi connectivity index (χ2n) is 4.14. The molecule has 1 unspecified atom stereocenters. The topological polar surface area (TPSA) is 49.4 Å². The van der Waals surface area contributed by atoms with E-state index in [1.54, 1.807) is 4.90 Å². The molecular formula is C11H19ClN2O2. The highest BCUT2D eigenvalue weighted by molar-refractivity contribution is 6.35. The number of nitrogens with zero attached hydrogens (tertiary/aromatic N) is 1. The summed E-state index contributed by atoms with van der Waals surface area (Å²) in [5.74, 6) is -0.408. The van der Waals surface area contributed by atoms with Crippen molar-refractivity contribution in [3.63, 3.8) is 0 Å². The lowest BCUT2D eigenvalue weighted by molar-refractivity contribution is -0.148. The van der Waals surface area contributed by atoms with E-state index < -0.39 is 11.8 Å². The van der Waals surface area contributed by atoms with Gasteiger partial charge in [-0.2, -0.15) is 0 Å². The molecule has 0 aromatic carbocycles. The molecule has 0 saturated carbocycles. The molecule has 1 saturated heterocycles. The number of carbonyl (C=O) groups is 2. The molecule has 1 heterocycles. The van der Waals surface area contributed by atoms with Gasteiger partial charge in [0.15, 0.2) is 0 Å². The number of nitrogens with one attached hydrogen (secondary N) is 1. The molecule has 4 nitrogen and oxygen atoms in total. The zero-order valence-corrected chi connectivity index (χ0v) is 10.4. The molecule has 0 radical (unpaired) electrons. The first-order valence-corrected chi connectivity index (χ1v) is 6.35. The van der Waals surface area contributed by atoms with Gasteiger partial charge in [0, 0.05) is 25.0 Å². The first-order chi connectivity index (χ1) is 7.66. The summed E-state index contributed by atoms with van der Waals surface area (Å²) < 4.78 is 0. The van der Waals surface area contributed by atoms with Crippen LogP contribution in [0.2, 0.25) is 0 Å². The van der Waals surface area contributed by atoms with E-state index in [4.69, 9.17) is 11.6 Å². The predicted molar refractivity (Wildman–Crippen MR) is 63.4 cm³/mol. The molecule has 5 heteroatoms. The largest absolute Gasteiger partial charge is 0.348 e. The SMILES string of the molecule is CC1CCCCN1C(=O)C(=O)NCCCCl. The standard InChI is InChI=1S/C11H19ClN2O2/c1-9-5-2-3-8-14(9)11(16)10(15)13-7-4-6-12/h9H,2-8H2,1H3,(H,13,15). The number of hydrogen-bond acceptors (Lipinski definition) is 2. The lowest BCUT2D eigenvalue weighted by atomic mass is 10.0. The third-order valence-corrected chi connectivity index (χ3v) is 3.12. The highest BCUT2D eigenvalue weighted by Gasteiger charge is 2.27. The van der Waals surface area contributed by atoms with Gasteiger partial charge in [0.25, 0.3) is 0 Å². The Balaban J connectivity index is 2.39. The molecule has 16 heavy (non-hydrogen) atoms. The van der Waals surface area contributed by atoms with Gasteiger partial charge in [0.2, 0.25) is 0 Å². The molecule has 0 bridgehead atoms. The number of hydrogen-bond donors (Lipinski definition) is 1. The Bertz CT molecular complexity index is 258. The monoisotopic (exact) mass is 246 g/mol. The van der Waals surface area contributed by atoms with Crippen LogP contribution in [0.25, 0.3) is 0 Å². The van der Waals surface area contributed by atoms with Crippen molar-refractivity contribution in [3.05, 3.63) is 0 Å². The summed E-state index contributed by atoms with van der Waals surface area (Å²) in [7, 11) is 0. The number of alkyl halides is 1. The molecule has 0 aromatic heterocycles. The molecule has 1 rings (SSSR count). The number of halogens is 1. The van der Waals surface area contributed by atoms with Crippen LogP contribution >= 0.6 is 11.6 Å². The molecule has 0 aromatic rings. The van der Waals surface area contributed by atoms with Crippen LogP contribution in [0.4, 0.5) is 0 Å². The summed E-state index contributed by atoms with van der Waals surface area (Å²) in [6.07, 6.45) is 3.81. The van der Waals surface area contributed by atoms with Crippen LogP contribution in [0.5, 0.6) is 0 Å². The Kier molecular flexibility index (Phi) is 5.60. The fourth-order valence-electron chi connectivity index (χ4n) is 1.87. The average Bonchev–Trinajstić information content (AvgIpc) is 2.29. The van der Waals surface area contributed by atoms with Crippen molar-refractivity contribution in [2.24, 2.45) is 0 Å². The van der Waals surface area contributed by atoms with Gasteiger partial charge in [-0.3, -0.25) is 9.59 Å². The maximum atomic E-state index is 11.8. The van der Waals surface area contributed by atoms with E-state index in [1.807, 2.05) is 6.92 Å². The van der Waals surface area contributed by atoms with E-state index in [0.29, 0.717) is 25.4 Å². The van der Waals surface area contributed by atoms with Crippen molar-refractivity contribution < 1.29 is 9.59 Å². The third-order valence-electron chi connectivity index (χ3n) is 2.85. The summed E-state index contributed by atoms with van der Waals surface area (Å²) in [5, 5.41) is 2.59. The first kappa shape index (κ1) is 13.3. The van der Waals surface area contributed by atoms with Crippen molar-refractivity contribution >= 4 is 23.4 Å². The number of piperidine rings is 1. The maximum absolute atomic E-state index is 11.8. The zero-order chi connectivity index (χ0) is 12.0. The van der Waals surface area contributed by atoms with Crippen LogP contribution in [0, 0.1) is 0 Å². The molecule has 1 N–H and O–H groups in total. The summed E-state index contributed by atoms with van der Waals surface area (Å²) in [6.45, 7) is 3.16. The average molecular weight is 247 g/mol. The van der Waals surface area contributed by atoms with Crippen molar-refractivity contribution in [3.8, 4) is 0 Å². The molecule has 0 aliphatic carbocycles. The van der Waals surface area contributed by atoms with Crippen molar-refractivity contribution in [1.82, 2.24) is 10.2 Å². The number of amides is 2. The van der Waals surface area contributed by atoms with E-state index in [9.17, 15) is 9.59 Å². The Morgan fingerprint density at radius 2 is 2.19 bits per heavy atom. The Labute approximate surface area is 101 Å². The Morgan fingerprint density at radius 1 is 1.44 bits per heavy atom. The molecule has 1 fully saturated rings. The van der Waals surface area contributed by atoms with Crippen LogP contribution < -0.4 is 5.32 Å². The van der Waals surface area contributed by atoms with E-state index in [1.165, 1.54) is 0 Å². The van der Waals surface area contributed by atoms with Gasteiger partial charge in [-0.25, -0.2) is 0 Å². The van der Waals surface area contributed by atoms with E-state index in [-0.39, 0.29) is 6.04 Å². The molecular weight excluding hydrogens is 228 g/mol. The Hall–Kier alpha value is -0.770. The normalized spacial score (nSPS) is 20.6. The highest BCUT2D eigenvalue weighted by atomic mass is 35.5. The quantitative estimate of drug-likeness (QED) is 0.461. The summed E-state index contributed by atoms with van der Waals surface area (Å²) in [6, 6.07) is 0.181. The minimum absolute atomic E-state index is 0.181. The highest BCUT2D eigenvalue weighted by Crippen LogP contribution is 2.16. The summed E-state index contributed by atoms with van der Waals surface area (Å²) in [4.78, 5) is 25.0. The van der Waals surface area contributed by atoms with E-state index >= 15 is 0 Å². The third kappa shape index (κ3) is 3.67. The smallest absolute Gasteiger partial charge is 0.312 e. The Morgan fingerprint density at radius 3 is 2.81 bits per heavy atom. The van der Waals surface area contributed by atoms with Crippen LogP contribution in [-0.4, -0.2) is 41.7 Å². The van der Waals surface area contributed by atoms with Crippen LogP contribution in [0.1, 0.15) is 32.6 Å². The van der Waals surface area contributed by atoms with Gasteiger partial charge >= 0.3 is 11.8 Å². The second kappa shape index (κ2) is 6.74. The fourth-order valence-corrected chi connectivity index (χ4v) is 2.01. The second-order valence-corrected chi connectivity index (χ2v) is 4.52. The first-order valence-electron chi connectivity index (χ1n) is 5.81. The van der Waals surface area contributed by atoms with Crippen molar-refractivity contribution in [1.29, 1.82) is 0 Å². The zero-order valence-electron chi connectivity index (χ0n) is 9.67. The van der Waals surface area contributed by atoms with Gasteiger partial charge in [-0.1, -0.05) is 0 Å². The summed E-state index contributed by atoms with van der Waals surface area (Å²) >= 11 is 5.49. The number of rotatable bonds is 3. The molecule has 1 aliphatic heterocycles. The minimum atomic E-state index is -0.501. The van der Waals surface area contributed by atoms with Crippen molar-refractivity contribution in [2.75, 3.05) is 19.0 Å². The molecule has 2 amide bonds. The van der Waals surface area contributed by atoms with E-state index in [2.05, 4.69) is 5.32 Å². The van der Waals surface area contributed by atoms with Crippen molar-refractivity contribution in [2.45, 2.75) is 38.6 Å². The lowest BCUT2D eigenvalue weighted by Crippen LogP contribution is -2.49. The maximum Gasteiger partial charge on any atom is 0.312 e. The molecule has 1 aliphatic rings. The predicted octanol–water partition coefficient (Wildman–Crippen LogP) is 1.13. The lowest BCUT2D eigenvalue weighted by Gasteiger charge is -2.32. The van der Waals surface area contributed by atoms with Gasteiger partial charge in [0.05, 0.1) is 0 Å². The van der Waals surface area contributed by atoms with Gasteiger partial charge < -0.3 is 10.2 Å². The number of likely N-dealkylation sites (tertiary alicyclic amines) is 1. The van der Waals surface area contributed by atoms with E-state index in [0.717, 1.165) is 19.3 Å². The molecule has 1 atom stereocenters.